The predicted molar refractivity (Wildman–Crippen MR) is 69.6 cm³/mol. The Kier molecular flexibility index (Phi) is 5.43. The number of nitrogens with two attached hydrogens (primary N) is 1. The van der Waals surface area contributed by atoms with Crippen LogP contribution in [0.3, 0.4) is 0 Å². The Balaban J connectivity index is 2.89. The molecule has 1 aromatic rings. The summed E-state index contributed by atoms with van der Waals surface area (Å²) in [4.78, 5) is 10.5. The first kappa shape index (κ1) is 13.5. The van der Waals surface area contributed by atoms with Gasteiger partial charge >= 0.3 is 5.97 Å². The molecule has 0 fully saturated rings. The first-order valence-corrected chi connectivity index (χ1v) is 5.90. The SMILES string of the molecule is CCCCc1ccc(C=CC(=O)O)c(CN)c1. The van der Waals surface area contributed by atoms with Gasteiger partial charge in [0.2, 0.25) is 0 Å². The van der Waals surface area contributed by atoms with Gasteiger partial charge in [-0.3, -0.25) is 0 Å². The number of hydrogen-bond donors (Lipinski definition) is 2. The van der Waals surface area contributed by atoms with E-state index in [4.69, 9.17) is 10.8 Å². The van der Waals surface area contributed by atoms with Crippen LogP contribution in [0.4, 0.5) is 0 Å². The van der Waals surface area contributed by atoms with Crippen LogP contribution >= 0.6 is 0 Å². The topological polar surface area (TPSA) is 63.3 Å². The Morgan fingerprint density at radius 1 is 1.47 bits per heavy atom. The number of unbranched alkanes of at least 4 members (excludes halogenated alkanes) is 1. The zero-order valence-electron chi connectivity index (χ0n) is 10.1. The fourth-order valence-electron chi connectivity index (χ4n) is 1.70. The van der Waals surface area contributed by atoms with Crippen molar-refractivity contribution in [2.75, 3.05) is 0 Å². The summed E-state index contributed by atoms with van der Waals surface area (Å²) in [6.45, 7) is 2.59. The number of carbonyl (C=O) groups is 1. The molecule has 92 valence electrons. The van der Waals surface area contributed by atoms with Gasteiger partial charge in [-0.05, 0) is 35.6 Å². The summed E-state index contributed by atoms with van der Waals surface area (Å²) in [5.41, 5.74) is 8.82. The van der Waals surface area contributed by atoms with Crippen molar-refractivity contribution < 1.29 is 9.90 Å². The van der Waals surface area contributed by atoms with E-state index in [1.165, 1.54) is 12.0 Å². The van der Waals surface area contributed by atoms with Gasteiger partial charge < -0.3 is 10.8 Å². The predicted octanol–water partition coefficient (Wildman–Crippen LogP) is 2.59. The van der Waals surface area contributed by atoms with Gasteiger partial charge in [-0.2, -0.15) is 0 Å². The number of carboxylic acids is 1. The van der Waals surface area contributed by atoms with Crippen LogP contribution in [0.5, 0.6) is 0 Å². The zero-order valence-corrected chi connectivity index (χ0v) is 10.1. The second-order valence-corrected chi connectivity index (χ2v) is 4.01. The lowest BCUT2D eigenvalue weighted by Crippen LogP contribution is -2.01. The summed E-state index contributed by atoms with van der Waals surface area (Å²) in [7, 11) is 0. The first-order valence-electron chi connectivity index (χ1n) is 5.90. The Labute approximate surface area is 102 Å². The van der Waals surface area contributed by atoms with Crippen molar-refractivity contribution in [2.45, 2.75) is 32.7 Å². The summed E-state index contributed by atoms with van der Waals surface area (Å²) in [5.74, 6) is -0.942. The van der Waals surface area contributed by atoms with Crippen LogP contribution in [-0.4, -0.2) is 11.1 Å². The number of rotatable bonds is 6. The molecule has 0 saturated carbocycles. The van der Waals surface area contributed by atoms with Gasteiger partial charge in [0, 0.05) is 12.6 Å². The molecule has 0 amide bonds. The van der Waals surface area contributed by atoms with Crippen molar-refractivity contribution in [1.29, 1.82) is 0 Å². The zero-order chi connectivity index (χ0) is 12.7. The molecular weight excluding hydrogens is 214 g/mol. The van der Waals surface area contributed by atoms with Crippen LogP contribution in [0.2, 0.25) is 0 Å². The molecule has 0 atom stereocenters. The molecule has 3 heteroatoms. The van der Waals surface area contributed by atoms with Crippen LogP contribution in [0, 0.1) is 0 Å². The lowest BCUT2D eigenvalue weighted by atomic mass is 10.0. The average molecular weight is 233 g/mol. The normalized spacial score (nSPS) is 10.9. The number of hydrogen-bond acceptors (Lipinski definition) is 2. The molecule has 0 spiro atoms. The van der Waals surface area contributed by atoms with E-state index in [1.807, 2.05) is 12.1 Å². The van der Waals surface area contributed by atoms with Gasteiger partial charge in [0.25, 0.3) is 0 Å². The van der Waals surface area contributed by atoms with E-state index in [0.29, 0.717) is 6.54 Å². The van der Waals surface area contributed by atoms with Gasteiger partial charge in [-0.1, -0.05) is 31.5 Å². The molecule has 17 heavy (non-hydrogen) atoms. The third kappa shape index (κ3) is 4.41. The van der Waals surface area contributed by atoms with Crippen molar-refractivity contribution in [2.24, 2.45) is 5.73 Å². The molecule has 0 bridgehead atoms. The highest BCUT2D eigenvalue weighted by molar-refractivity contribution is 5.85. The molecule has 0 aromatic heterocycles. The van der Waals surface area contributed by atoms with Crippen molar-refractivity contribution in [3.05, 3.63) is 41.0 Å². The molecule has 1 rings (SSSR count). The summed E-state index contributed by atoms with van der Waals surface area (Å²) in [6, 6.07) is 6.04. The molecule has 0 radical (unpaired) electrons. The maximum absolute atomic E-state index is 10.5. The minimum absolute atomic E-state index is 0.430. The van der Waals surface area contributed by atoms with Gasteiger partial charge in [0.15, 0.2) is 0 Å². The van der Waals surface area contributed by atoms with Crippen molar-refractivity contribution in [3.8, 4) is 0 Å². The smallest absolute Gasteiger partial charge is 0.328 e. The van der Waals surface area contributed by atoms with E-state index >= 15 is 0 Å². The molecule has 0 aliphatic rings. The largest absolute Gasteiger partial charge is 0.478 e. The molecule has 3 N–H and O–H groups in total. The molecular formula is C14H19NO2. The second kappa shape index (κ2) is 6.86. The Morgan fingerprint density at radius 2 is 2.24 bits per heavy atom. The van der Waals surface area contributed by atoms with Crippen LogP contribution in [0.15, 0.2) is 24.3 Å². The molecule has 0 saturated heterocycles. The van der Waals surface area contributed by atoms with Crippen LogP contribution in [0.1, 0.15) is 36.5 Å². The van der Waals surface area contributed by atoms with E-state index in [0.717, 1.165) is 30.0 Å². The van der Waals surface area contributed by atoms with Crippen molar-refractivity contribution in [3.63, 3.8) is 0 Å². The monoisotopic (exact) mass is 233 g/mol. The average Bonchev–Trinajstić information content (AvgIpc) is 2.34. The molecule has 0 heterocycles. The van der Waals surface area contributed by atoms with E-state index in [2.05, 4.69) is 13.0 Å². The Morgan fingerprint density at radius 3 is 2.82 bits per heavy atom. The highest BCUT2D eigenvalue weighted by Gasteiger charge is 2.01. The highest BCUT2D eigenvalue weighted by Crippen LogP contribution is 2.15. The van der Waals surface area contributed by atoms with Crippen LogP contribution < -0.4 is 5.73 Å². The van der Waals surface area contributed by atoms with Gasteiger partial charge in [0.05, 0.1) is 0 Å². The summed E-state index contributed by atoms with van der Waals surface area (Å²) >= 11 is 0. The molecule has 3 nitrogen and oxygen atoms in total. The minimum Gasteiger partial charge on any atom is -0.478 e. The fraction of sp³-hybridized carbons (Fsp3) is 0.357. The molecule has 0 unspecified atom stereocenters. The number of aliphatic carboxylic acids is 1. The third-order valence-corrected chi connectivity index (χ3v) is 2.65. The summed E-state index contributed by atoms with van der Waals surface area (Å²) in [5, 5.41) is 8.59. The van der Waals surface area contributed by atoms with E-state index in [9.17, 15) is 4.79 Å². The highest BCUT2D eigenvalue weighted by atomic mass is 16.4. The van der Waals surface area contributed by atoms with Crippen LogP contribution in [-0.2, 0) is 17.8 Å². The van der Waals surface area contributed by atoms with E-state index in [1.54, 1.807) is 6.08 Å². The van der Waals surface area contributed by atoms with Crippen LogP contribution in [0.25, 0.3) is 6.08 Å². The van der Waals surface area contributed by atoms with Gasteiger partial charge in [-0.15, -0.1) is 0 Å². The molecule has 0 aliphatic carbocycles. The maximum atomic E-state index is 10.5. The van der Waals surface area contributed by atoms with E-state index in [-0.39, 0.29) is 0 Å². The Hall–Kier alpha value is -1.61. The number of benzene rings is 1. The van der Waals surface area contributed by atoms with Gasteiger partial charge in [-0.25, -0.2) is 4.79 Å². The summed E-state index contributed by atoms with van der Waals surface area (Å²) in [6.07, 6.45) is 6.10. The molecule has 0 aliphatic heterocycles. The lowest BCUT2D eigenvalue weighted by molar-refractivity contribution is -0.131. The first-order chi connectivity index (χ1) is 8.17. The molecule has 1 aromatic carbocycles. The second-order valence-electron chi connectivity index (χ2n) is 4.01. The fourth-order valence-corrected chi connectivity index (χ4v) is 1.70. The minimum atomic E-state index is -0.942. The van der Waals surface area contributed by atoms with E-state index < -0.39 is 5.97 Å². The van der Waals surface area contributed by atoms with Crippen molar-refractivity contribution >= 4 is 12.0 Å². The lowest BCUT2D eigenvalue weighted by Gasteiger charge is -2.07. The maximum Gasteiger partial charge on any atom is 0.328 e. The quantitative estimate of drug-likeness (QED) is 0.742. The van der Waals surface area contributed by atoms with Gasteiger partial charge in [0.1, 0.15) is 0 Å². The number of carboxylic acid groups (broad SMARTS) is 1. The Bertz CT molecular complexity index is 411. The summed E-state index contributed by atoms with van der Waals surface area (Å²) < 4.78 is 0. The standard InChI is InChI=1S/C14H19NO2/c1-2-3-4-11-5-6-12(7-8-14(16)17)13(9-11)10-15/h5-9H,2-4,10,15H2,1H3,(H,16,17). The van der Waals surface area contributed by atoms with Crippen molar-refractivity contribution in [1.82, 2.24) is 0 Å². The third-order valence-electron chi connectivity index (χ3n) is 2.65. The number of aryl methyl sites for hydroxylation is 1.